The summed E-state index contributed by atoms with van der Waals surface area (Å²) in [6, 6.07) is -5.32. The fraction of sp³-hybridized carbons (Fsp3) is 0.938. The predicted molar refractivity (Wildman–Crippen MR) is 267 cm³/mol. The Hall–Kier alpha value is -2.87. The first kappa shape index (κ1) is 72.2. The number of hydrogen-bond acceptors (Lipinski definition) is 35. The van der Waals surface area contributed by atoms with Crippen molar-refractivity contribution in [3.05, 3.63) is 0 Å². The van der Waals surface area contributed by atoms with Crippen molar-refractivity contribution in [2.45, 2.75) is 236 Å². The molecule has 23 N–H and O–H groups in total. The monoisotopic (exact) mass is 1260 g/mol. The average Bonchev–Trinajstić information content (AvgIpc) is 1.08. The highest BCUT2D eigenvalue weighted by molar-refractivity contribution is 5.74. The second-order valence-corrected chi connectivity index (χ2v) is 21.6. The zero-order chi connectivity index (χ0) is 63.9. The largest absolute Gasteiger partial charge is 0.394 e. The van der Waals surface area contributed by atoms with E-state index in [1.807, 2.05) is 0 Å². The van der Waals surface area contributed by atoms with Crippen LogP contribution in [-0.2, 0) is 71.2 Å². The molecule has 6 aliphatic heterocycles. The van der Waals surface area contributed by atoms with Gasteiger partial charge in [0.25, 0.3) is 0 Å². The van der Waals surface area contributed by atoms with Gasteiger partial charge in [0, 0.05) is 20.8 Å². The number of hydrogen-bond donors (Lipinski definition) is 23. The number of rotatable bonds is 25. The molecule has 6 fully saturated rings. The van der Waals surface area contributed by atoms with Crippen LogP contribution in [0, 0.1) is 0 Å². The van der Waals surface area contributed by atoms with E-state index in [1.165, 1.54) is 6.92 Å². The van der Waals surface area contributed by atoms with Crippen LogP contribution in [0.15, 0.2) is 0 Å². The Morgan fingerprint density at radius 3 is 1.42 bits per heavy atom. The van der Waals surface area contributed by atoms with E-state index >= 15 is 0 Å². The molecule has 3 amide bonds. The number of amides is 3. The molecule has 6 rings (SSSR count). The molecule has 38 nitrogen and oxygen atoms in total. The third kappa shape index (κ3) is 16.4. The molecule has 6 heterocycles. The second-order valence-electron chi connectivity index (χ2n) is 21.6. The van der Waals surface area contributed by atoms with Crippen LogP contribution in [0.5, 0.6) is 0 Å². The van der Waals surface area contributed by atoms with Gasteiger partial charge in [-0.05, 0) is 6.92 Å². The molecule has 0 radical (unpaired) electrons. The maximum Gasteiger partial charge on any atom is 0.217 e. The third-order valence-corrected chi connectivity index (χ3v) is 15.4. The molecule has 0 aromatic heterocycles. The Morgan fingerprint density at radius 1 is 0.407 bits per heavy atom. The molecule has 500 valence electrons. The molecule has 0 spiro atoms. The Labute approximate surface area is 488 Å². The van der Waals surface area contributed by atoms with Gasteiger partial charge in [-0.3, -0.25) is 14.4 Å². The molecule has 6 saturated heterocycles. The number of aliphatic hydroxyl groups excluding tert-OH is 20. The fourth-order valence-electron chi connectivity index (χ4n) is 10.6. The van der Waals surface area contributed by atoms with Crippen LogP contribution < -0.4 is 16.0 Å². The summed E-state index contributed by atoms with van der Waals surface area (Å²) in [4.78, 5) is 37.6. The van der Waals surface area contributed by atoms with Gasteiger partial charge in [0.2, 0.25) is 17.7 Å². The van der Waals surface area contributed by atoms with E-state index in [0.717, 1.165) is 20.8 Å². The van der Waals surface area contributed by atoms with Crippen molar-refractivity contribution in [2.24, 2.45) is 0 Å². The highest BCUT2D eigenvalue weighted by Gasteiger charge is 2.58. The summed E-state index contributed by atoms with van der Waals surface area (Å²) in [5.74, 6) is -2.59. The minimum atomic E-state index is -2.42. The van der Waals surface area contributed by atoms with E-state index in [1.54, 1.807) is 0 Å². The first-order chi connectivity index (χ1) is 40.6. The van der Waals surface area contributed by atoms with E-state index < -0.39 is 272 Å². The molecule has 0 aromatic carbocycles. The summed E-state index contributed by atoms with van der Waals surface area (Å²) < 4.78 is 70.2. The van der Waals surface area contributed by atoms with Crippen LogP contribution in [0.2, 0.25) is 0 Å². The van der Waals surface area contributed by atoms with Gasteiger partial charge >= 0.3 is 0 Å². The summed E-state index contributed by atoms with van der Waals surface area (Å²) in [7, 11) is 0. The van der Waals surface area contributed by atoms with Gasteiger partial charge in [-0.2, -0.15) is 0 Å². The highest BCUT2D eigenvalue weighted by Crippen LogP contribution is 2.37. The van der Waals surface area contributed by atoms with Crippen molar-refractivity contribution < 1.29 is 173 Å². The third-order valence-electron chi connectivity index (χ3n) is 15.4. The van der Waals surface area contributed by atoms with Gasteiger partial charge in [0.1, 0.15) is 159 Å². The van der Waals surface area contributed by atoms with Crippen LogP contribution in [0.1, 0.15) is 27.7 Å². The Balaban J connectivity index is 1.36. The number of carbonyl (C=O) groups excluding carboxylic acids is 3. The zero-order valence-electron chi connectivity index (χ0n) is 46.6. The number of carbonyl (C=O) groups is 3. The van der Waals surface area contributed by atoms with Crippen molar-refractivity contribution >= 4 is 17.7 Å². The molecule has 0 saturated carbocycles. The summed E-state index contributed by atoms with van der Waals surface area (Å²) >= 11 is 0. The predicted octanol–water partition coefficient (Wildman–Crippen LogP) is -15.2. The van der Waals surface area contributed by atoms with Crippen molar-refractivity contribution in [2.75, 3.05) is 46.2 Å². The minimum absolute atomic E-state index is 0.821. The molecule has 0 aliphatic carbocycles. The number of aliphatic hydroxyl groups is 20. The molecular weight excluding hydrogens is 1180 g/mol. The lowest BCUT2D eigenvalue weighted by Crippen LogP contribution is -2.70. The van der Waals surface area contributed by atoms with E-state index in [-0.39, 0.29) is 0 Å². The van der Waals surface area contributed by atoms with E-state index in [9.17, 15) is 117 Å². The van der Waals surface area contributed by atoms with Crippen LogP contribution in [0.4, 0.5) is 0 Å². The van der Waals surface area contributed by atoms with Gasteiger partial charge in [0.05, 0.1) is 58.4 Å². The lowest BCUT2D eigenvalue weighted by molar-refractivity contribution is -0.394. The molecular formula is C48H83N3O35. The summed E-state index contributed by atoms with van der Waals surface area (Å²) in [6.45, 7) is -3.13. The van der Waals surface area contributed by atoms with Gasteiger partial charge in [0.15, 0.2) is 37.7 Å². The molecule has 0 aromatic rings. The second kappa shape index (κ2) is 31.9. The maximum atomic E-state index is 12.9. The van der Waals surface area contributed by atoms with Crippen molar-refractivity contribution in [3.63, 3.8) is 0 Å². The molecule has 34 atom stereocenters. The Kier molecular flexibility index (Phi) is 26.8. The van der Waals surface area contributed by atoms with Gasteiger partial charge < -0.3 is 175 Å². The van der Waals surface area contributed by atoms with E-state index in [4.69, 9.17) is 56.8 Å². The van der Waals surface area contributed by atoms with Gasteiger partial charge in [-0.1, -0.05) is 0 Å². The molecule has 86 heavy (non-hydrogen) atoms. The van der Waals surface area contributed by atoms with Crippen molar-refractivity contribution in [1.29, 1.82) is 0 Å². The highest BCUT2D eigenvalue weighted by atomic mass is 16.8. The van der Waals surface area contributed by atoms with Crippen molar-refractivity contribution in [1.82, 2.24) is 16.0 Å². The van der Waals surface area contributed by atoms with E-state index in [0.29, 0.717) is 0 Å². The average molecular weight is 1260 g/mol. The van der Waals surface area contributed by atoms with Crippen LogP contribution in [0.25, 0.3) is 0 Å². The topological polar surface area (TPSA) is 603 Å². The maximum absolute atomic E-state index is 12.9. The quantitative estimate of drug-likeness (QED) is 0.0404. The molecule has 38 heteroatoms. The minimum Gasteiger partial charge on any atom is -0.394 e. The van der Waals surface area contributed by atoms with Crippen LogP contribution >= 0.6 is 0 Å². The SMILES string of the molecule is CC(=O)N[C@H]1[C@H](O[C@@H]([C@H](O[C@@H]2O[C@@H](C)[C@@H](O)[C@@H](O)[C@@H]2O)[C@H](CO)NC(C)=O)[C@H](O)CO)O[C@H](CO)[C@@H](O[C@@H]2O[C@H](CO[C@H]3O[C@H](CO)[C@@H](O)[C@H](O)[C@@H]3O)[C@@H](O)[C@H](O[C@H]3O[C@H](CO)[C@@H](O)[C@H](O)[C@@H]3O[C@@H]3O[C@H](CO)[C@@H](O)[C@H](O)[C@H]3NC(C)=O)[C@@H]2O)[C@@H]1O. The summed E-state index contributed by atoms with van der Waals surface area (Å²) in [5.41, 5.74) is 0. The fourth-order valence-corrected chi connectivity index (χ4v) is 10.6. The normalized spacial score (nSPS) is 45.5. The standard InChI is InChI=1S/C48H83N3O35/c1-12-25(62)32(69)36(73)46(76-12)82-38(16(5-52)49-13(2)58)39(17(61)6-53)83-44-24(51-15(4)60)31(68)40(21(10-57)80-44)84-47-37(74)41(29(66)22(81-47)11-75-45-35(72)33(70)27(64)19(8-55)78-45)85-48-42(34(71)28(65)20(9-56)79-48)86-43-23(50-14(3)59)30(67)26(63)18(7-54)77-43/h12,16-48,52-57,61-74H,5-11H2,1-4H3,(H,49,58)(H,50,59)(H,51,60)/t12-,16-,17+,18+,19+,20+,21+,22+,23+,24+,25+,26+,27+,28+,29+,30+,31+,32+,33-,34-,35-,36-,37-,38+,39+,40+,41-,42-,43-,44-,45-,46-,47-,48+/m0/s1. The number of nitrogens with one attached hydrogen (secondary N) is 3. The molecule has 0 unspecified atom stereocenters. The zero-order valence-corrected chi connectivity index (χ0v) is 46.6. The van der Waals surface area contributed by atoms with Gasteiger partial charge in [-0.15, -0.1) is 0 Å². The lowest BCUT2D eigenvalue weighted by Gasteiger charge is -2.50. The summed E-state index contributed by atoms with van der Waals surface area (Å²) in [6.07, 6.45) is -61.7. The Morgan fingerprint density at radius 2 is 0.872 bits per heavy atom. The van der Waals surface area contributed by atoms with E-state index in [2.05, 4.69) is 16.0 Å². The van der Waals surface area contributed by atoms with Crippen molar-refractivity contribution in [3.8, 4) is 0 Å². The first-order valence-corrected chi connectivity index (χ1v) is 27.4. The lowest BCUT2D eigenvalue weighted by atomic mass is 9.94. The smallest absolute Gasteiger partial charge is 0.217 e. The van der Waals surface area contributed by atoms with Crippen LogP contribution in [-0.4, -0.2) is 375 Å². The first-order valence-electron chi connectivity index (χ1n) is 27.4. The Bertz CT molecular complexity index is 2120. The molecule has 6 aliphatic rings. The molecule has 0 bridgehead atoms. The van der Waals surface area contributed by atoms with Gasteiger partial charge in [-0.25, -0.2) is 0 Å². The van der Waals surface area contributed by atoms with Crippen LogP contribution in [0.3, 0.4) is 0 Å². The number of ether oxygens (including phenoxy) is 12. The summed E-state index contributed by atoms with van der Waals surface area (Å²) in [5, 5.41) is 224.